The standard InChI is InChI=1S/C15H11IN2O2/c1-20-14-7-6-13-12(17-14)8-9-18(13)15(19)10-4-2-3-5-11(10)16/h2-9H,1H3. The van der Waals surface area contributed by atoms with Gasteiger partial charge in [-0.1, -0.05) is 12.1 Å². The summed E-state index contributed by atoms with van der Waals surface area (Å²) in [6.07, 6.45) is 1.74. The number of hydrogen-bond donors (Lipinski definition) is 0. The second-order valence-corrected chi connectivity index (χ2v) is 5.39. The van der Waals surface area contributed by atoms with Gasteiger partial charge in [0.05, 0.1) is 23.7 Å². The highest BCUT2D eigenvalue weighted by molar-refractivity contribution is 14.1. The van der Waals surface area contributed by atoms with Crippen molar-refractivity contribution in [2.45, 2.75) is 0 Å². The maximum Gasteiger partial charge on any atom is 0.263 e. The Morgan fingerprint density at radius 2 is 2.00 bits per heavy atom. The molecule has 1 aromatic carbocycles. The van der Waals surface area contributed by atoms with Crippen LogP contribution in [-0.4, -0.2) is 22.6 Å². The zero-order valence-corrected chi connectivity index (χ0v) is 12.9. The summed E-state index contributed by atoms with van der Waals surface area (Å²) in [6, 6.07) is 12.9. The molecule has 0 aliphatic heterocycles. The highest BCUT2D eigenvalue weighted by atomic mass is 127. The van der Waals surface area contributed by atoms with E-state index in [1.165, 1.54) is 0 Å². The minimum Gasteiger partial charge on any atom is -0.481 e. The number of ether oxygens (including phenoxy) is 1. The Hall–Kier alpha value is -1.89. The van der Waals surface area contributed by atoms with Crippen LogP contribution in [0.2, 0.25) is 0 Å². The molecule has 5 heteroatoms. The van der Waals surface area contributed by atoms with Crippen molar-refractivity contribution in [3.63, 3.8) is 0 Å². The molecule has 4 nitrogen and oxygen atoms in total. The molecule has 0 N–H and O–H groups in total. The van der Waals surface area contributed by atoms with Crippen molar-refractivity contribution < 1.29 is 9.53 Å². The third-order valence-corrected chi connectivity index (χ3v) is 3.99. The molecule has 3 rings (SSSR count). The Balaban J connectivity index is 2.11. The van der Waals surface area contributed by atoms with Gasteiger partial charge in [-0.3, -0.25) is 9.36 Å². The molecule has 2 aromatic heterocycles. The van der Waals surface area contributed by atoms with Crippen LogP contribution in [0.3, 0.4) is 0 Å². The van der Waals surface area contributed by atoms with Gasteiger partial charge in [0.25, 0.3) is 5.91 Å². The normalized spacial score (nSPS) is 10.7. The molecule has 0 bridgehead atoms. The molecule has 2 heterocycles. The Kier molecular flexibility index (Phi) is 3.43. The summed E-state index contributed by atoms with van der Waals surface area (Å²) in [5, 5.41) is 0. The quantitative estimate of drug-likeness (QED) is 0.643. The Labute approximate surface area is 129 Å². The van der Waals surface area contributed by atoms with Crippen molar-refractivity contribution in [3.05, 3.63) is 57.8 Å². The number of benzene rings is 1. The molecule has 0 saturated heterocycles. The average molecular weight is 378 g/mol. The minimum atomic E-state index is -0.0584. The first-order valence-electron chi connectivity index (χ1n) is 6.02. The van der Waals surface area contributed by atoms with Crippen molar-refractivity contribution >= 4 is 39.5 Å². The third kappa shape index (κ3) is 2.18. The summed E-state index contributed by atoms with van der Waals surface area (Å²) in [4.78, 5) is 16.9. The number of rotatable bonds is 2. The molecule has 0 spiro atoms. The average Bonchev–Trinajstić information content (AvgIpc) is 2.90. The number of hydrogen-bond acceptors (Lipinski definition) is 3. The Morgan fingerprint density at radius 3 is 2.75 bits per heavy atom. The molecule has 0 radical (unpaired) electrons. The van der Waals surface area contributed by atoms with Gasteiger partial charge < -0.3 is 4.74 Å². The molecular formula is C15H11IN2O2. The van der Waals surface area contributed by atoms with E-state index in [2.05, 4.69) is 27.6 Å². The summed E-state index contributed by atoms with van der Waals surface area (Å²) in [5.74, 6) is 0.481. The first-order chi connectivity index (χ1) is 9.70. The summed E-state index contributed by atoms with van der Waals surface area (Å²) < 4.78 is 7.63. The molecular weight excluding hydrogens is 367 g/mol. The smallest absolute Gasteiger partial charge is 0.263 e. The molecule has 20 heavy (non-hydrogen) atoms. The van der Waals surface area contributed by atoms with Gasteiger partial charge in [0.15, 0.2) is 0 Å². The van der Waals surface area contributed by atoms with E-state index < -0.39 is 0 Å². The van der Waals surface area contributed by atoms with Crippen molar-refractivity contribution in [2.24, 2.45) is 0 Å². The summed E-state index contributed by atoms with van der Waals surface area (Å²) in [7, 11) is 1.57. The molecule has 0 atom stereocenters. The molecule has 0 unspecified atom stereocenters. The fraction of sp³-hybridized carbons (Fsp3) is 0.0667. The topological polar surface area (TPSA) is 44.1 Å². The van der Waals surface area contributed by atoms with Crippen LogP contribution in [0.1, 0.15) is 10.4 Å². The van der Waals surface area contributed by atoms with Gasteiger partial charge >= 0.3 is 0 Å². The number of nitrogens with zero attached hydrogens (tertiary/aromatic N) is 2. The first kappa shape index (κ1) is 13.1. The molecule has 0 saturated carbocycles. The van der Waals surface area contributed by atoms with E-state index in [0.717, 1.165) is 14.6 Å². The highest BCUT2D eigenvalue weighted by Gasteiger charge is 2.14. The van der Waals surface area contributed by atoms with Crippen LogP contribution < -0.4 is 4.74 Å². The van der Waals surface area contributed by atoms with E-state index in [0.29, 0.717) is 11.4 Å². The second-order valence-electron chi connectivity index (χ2n) is 4.23. The van der Waals surface area contributed by atoms with Crippen LogP contribution in [0.25, 0.3) is 11.0 Å². The molecule has 0 amide bonds. The van der Waals surface area contributed by atoms with E-state index >= 15 is 0 Å². The zero-order chi connectivity index (χ0) is 14.1. The van der Waals surface area contributed by atoms with Crippen LogP contribution >= 0.6 is 22.6 Å². The van der Waals surface area contributed by atoms with Gasteiger partial charge in [-0.15, -0.1) is 0 Å². The number of pyridine rings is 1. The maximum absolute atomic E-state index is 12.6. The lowest BCUT2D eigenvalue weighted by Crippen LogP contribution is -2.12. The van der Waals surface area contributed by atoms with Crippen molar-refractivity contribution in [3.8, 4) is 5.88 Å². The molecule has 0 aliphatic rings. The first-order valence-corrected chi connectivity index (χ1v) is 7.10. The van der Waals surface area contributed by atoms with Crippen molar-refractivity contribution in [1.82, 2.24) is 9.55 Å². The fourth-order valence-electron chi connectivity index (χ4n) is 2.06. The third-order valence-electron chi connectivity index (χ3n) is 3.05. The van der Waals surface area contributed by atoms with Gasteiger partial charge in [0, 0.05) is 15.8 Å². The SMILES string of the molecule is COc1ccc2c(ccn2C(=O)c2ccccc2I)n1. The monoisotopic (exact) mass is 378 g/mol. The fourth-order valence-corrected chi connectivity index (χ4v) is 2.67. The second kappa shape index (κ2) is 5.24. The molecule has 0 aliphatic carbocycles. The van der Waals surface area contributed by atoms with Gasteiger partial charge in [0.1, 0.15) is 0 Å². The Bertz CT molecular complexity index is 795. The number of carbonyl (C=O) groups is 1. The van der Waals surface area contributed by atoms with Gasteiger partial charge in [0.2, 0.25) is 5.88 Å². The van der Waals surface area contributed by atoms with Gasteiger partial charge in [-0.2, -0.15) is 0 Å². The predicted octanol–water partition coefficient (Wildman–Crippen LogP) is 3.34. The number of carbonyl (C=O) groups excluding carboxylic acids is 1. The lowest BCUT2D eigenvalue weighted by molar-refractivity contribution is 0.0964. The van der Waals surface area contributed by atoms with Crippen molar-refractivity contribution in [2.75, 3.05) is 7.11 Å². The predicted molar refractivity (Wildman–Crippen MR) is 85.2 cm³/mol. The molecule has 3 aromatic rings. The highest BCUT2D eigenvalue weighted by Crippen LogP contribution is 2.20. The number of aromatic nitrogens is 2. The minimum absolute atomic E-state index is 0.0584. The largest absolute Gasteiger partial charge is 0.481 e. The van der Waals surface area contributed by atoms with Crippen LogP contribution in [0.4, 0.5) is 0 Å². The van der Waals surface area contributed by atoms with Crippen LogP contribution in [0, 0.1) is 3.57 Å². The van der Waals surface area contributed by atoms with Gasteiger partial charge in [-0.05, 0) is 46.9 Å². The van der Waals surface area contributed by atoms with E-state index in [1.807, 2.05) is 36.4 Å². The number of methoxy groups -OCH3 is 1. The molecule has 100 valence electrons. The summed E-state index contributed by atoms with van der Waals surface area (Å²) in [6.45, 7) is 0. The summed E-state index contributed by atoms with van der Waals surface area (Å²) in [5.41, 5.74) is 2.19. The van der Waals surface area contributed by atoms with E-state index in [9.17, 15) is 4.79 Å². The molecule has 0 fully saturated rings. The van der Waals surface area contributed by atoms with E-state index in [1.54, 1.807) is 23.9 Å². The lowest BCUT2D eigenvalue weighted by atomic mass is 10.2. The van der Waals surface area contributed by atoms with Gasteiger partial charge in [-0.25, -0.2) is 4.98 Å². The maximum atomic E-state index is 12.6. The number of halogens is 1. The zero-order valence-electron chi connectivity index (χ0n) is 10.7. The number of fused-ring (bicyclic) bond motifs is 1. The van der Waals surface area contributed by atoms with E-state index in [4.69, 9.17) is 4.74 Å². The summed E-state index contributed by atoms with van der Waals surface area (Å²) >= 11 is 2.17. The Morgan fingerprint density at radius 1 is 1.20 bits per heavy atom. The lowest BCUT2D eigenvalue weighted by Gasteiger charge is -2.06. The van der Waals surface area contributed by atoms with Crippen LogP contribution in [0.5, 0.6) is 5.88 Å². The van der Waals surface area contributed by atoms with Crippen LogP contribution in [-0.2, 0) is 0 Å². The van der Waals surface area contributed by atoms with E-state index in [-0.39, 0.29) is 5.91 Å². The van der Waals surface area contributed by atoms with Crippen LogP contribution in [0.15, 0.2) is 48.7 Å². The van der Waals surface area contributed by atoms with Crippen molar-refractivity contribution in [1.29, 1.82) is 0 Å².